The van der Waals surface area contributed by atoms with Crippen LogP contribution < -0.4 is 38.1 Å². The smallest absolute Gasteiger partial charge is 0.315 e. The summed E-state index contributed by atoms with van der Waals surface area (Å²) in [5.41, 5.74) is 11.8. The molecule has 3 atom stereocenters. The average molecular weight is 436 g/mol. The van der Waals surface area contributed by atoms with Gasteiger partial charge in [0.05, 0.1) is 6.04 Å². The van der Waals surface area contributed by atoms with Crippen LogP contribution in [0.5, 0.6) is 0 Å². The lowest BCUT2D eigenvalue weighted by Crippen LogP contribution is -2.53. The van der Waals surface area contributed by atoms with Gasteiger partial charge >= 0.3 is 18.1 Å². The Bertz CT molecular complexity index is 685. The zero-order valence-electron chi connectivity index (χ0n) is 18.6. The number of nitrogens with one attached hydrogen (secondary N) is 5. The van der Waals surface area contributed by atoms with Crippen molar-refractivity contribution >= 4 is 18.1 Å². The summed E-state index contributed by atoms with van der Waals surface area (Å²) in [5.74, 6) is 0.413. The van der Waals surface area contributed by atoms with Gasteiger partial charge in [-0.25, -0.2) is 14.4 Å². The molecule has 0 radical (unpaired) electrons. The molecule has 0 saturated heterocycles. The molecule has 31 heavy (non-hydrogen) atoms. The number of benzene rings is 1. The molecule has 6 amide bonds. The number of amides is 6. The van der Waals surface area contributed by atoms with E-state index >= 15 is 0 Å². The Morgan fingerprint density at radius 1 is 0.871 bits per heavy atom. The third-order valence-electron chi connectivity index (χ3n) is 4.50. The maximum Gasteiger partial charge on any atom is 0.315 e. The fourth-order valence-corrected chi connectivity index (χ4v) is 3.08. The van der Waals surface area contributed by atoms with E-state index < -0.39 is 12.1 Å². The molecule has 1 aromatic carbocycles. The number of nitrogens with two attached hydrogens (primary N) is 2. The van der Waals surface area contributed by atoms with Gasteiger partial charge in [-0.05, 0) is 31.2 Å². The van der Waals surface area contributed by atoms with Crippen molar-refractivity contribution in [3.05, 3.63) is 35.9 Å². The fraction of sp³-hybridized carbons (Fsp3) is 0.571. The molecule has 0 spiro atoms. The molecule has 174 valence electrons. The lowest BCUT2D eigenvalue weighted by molar-refractivity contribution is 0.228. The van der Waals surface area contributed by atoms with Gasteiger partial charge in [0.15, 0.2) is 0 Å². The highest BCUT2D eigenvalue weighted by Gasteiger charge is 2.17. The zero-order chi connectivity index (χ0) is 23.2. The van der Waals surface area contributed by atoms with Crippen LogP contribution >= 0.6 is 0 Å². The van der Waals surface area contributed by atoms with Crippen LogP contribution in [-0.4, -0.2) is 55.9 Å². The van der Waals surface area contributed by atoms with Gasteiger partial charge in [0.25, 0.3) is 0 Å². The summed E-state index contributed by atoms with van der Waals surface area (Å²) in [4.78, 5) is 35.5. The molecule has 9 N–H and O–H groups in total. The molecule has 0 bridgehead atoms. The number of primary amides is 1. The molecule has 2 unspecified atom stereocenters. The maximum absolute atomic E-state index is 12.3. The van der Waals surface area contributed by atoms with Crippen LogP contribution in [0.4, 0.5) is 14.4 Å². The lowest BCUT2D eigenvalue weighted by Gasteiger charge is -2.23. The van der Waals surface area contributed by atoms with E-state index in [9.17, 15) is 14.4 Å². The summed E-state index contributed by atoms with van der Waals surface area (Å²) in [7, 11) is 0. The Balaban J connectivity index is 2.62. The van der Waals surface area contributed by atoms with Gasteiger partial charge in [-0.3, -0.25) is 0 Å². The Labute approximate surface area is 184 Å². The Morgan fingerprint density at radius 2 is 1.45 bits per heavy atom. The number of hydrogen-bond acceptors (Lipinski definition) is 4. The highest BCUT2D eigenvalue weighted by Crippen LogP contribution is 2.04. The third kappa shape index (κ3) is 12.3. The number of carbonyl (C=O) groups is 3. The number of carbonyl (C=O) groups excluding carboxylic acids is 3. The van der Waals surface area contributed by atoms with Crippen molar-refractivity contribution in [1.82, 2.24) is 26.6 Å². The molecule has 0 saturated carbocycles. The summed E-state index contributed by atoms with van der Waals surface area (Å²) in [6.07, 6.45) is 1.32. The van der Waals surface area contributed by atoms with Gasteiger partial charge in [-0.2, -0.15) is 0 Å². The molecule has 1 aromatic rings. The Hall–Kier alpha value is -3.01. The quantitative estimate of drug-likeness (QED) is 0.256. The molecule has 0 heterocycles. The molecular formula is C21H37N7O3. The first-order valence-corrected chi connectivity index (χ1v) is 10.6. The maximum atomic E-state index is 12.3. The second-order valence-corrected chi connectivity index (χ2v) is 8.07. The molecular weight excluding hydrogens is 398 g/mol. The second-order valence-electron chi connectivity index (χ2n) is 8.07. The summed E-state index contributed by atoms with van der Waals surface area (Å²) in [6, 6.07) is 7.53. The van der Waals surface area contributed by atoms with Crippen LogP contribution in [-0.2, 0) is 6.42 Å². The molecule has 10 nitrogen and oxygen atoms in total. The van der Waals surface area contributed by atoms with Crippen LogP contribution in [0.2, 0.25) is 0 Å². The van der Waals surface area contributed by atoms with Crippen LogP contribution in [0.25, 0.3) is 0 Å². The minimum absolute atomic E-state index is 0.108. The van der Waals surface area contributed by atoms with Crippen molar-refractivity contribution in [2.75, 3.05) is 19.6 Å². The van der Waals surface area contributed by atoms with Crippen molar-refractivity contribution in [2.45, 2.75) is 51.7 Å². The van der Waals surface area contributed by atoms with Crippen molar-refractivity contribution < 1.29 is 14.4 Å². The number of rotatable bonds is 12. The van der Waals surface area contributed by atoms with Crippen molar-refractivity contribution in [3.63, 3.8) is 0 Å². The summed E-state index contributed by atoms with van der Waals surface area (Å²) in [6.45, 7) is 6.68. The van der Waals surface area contributed by atoms with Crippen LogP contribution in [0.15, 0.2) is 30.3 Å². The van der Waals surface area contributed by atoms with Crippen LogP contribution in [0.1, 0.15) is 32.8 Å². The van der Waals surface area contributed by atoms with E-state index in [1.54, 1.807) is 6.92 Å². The predicted molar refractivity (Wildman–Crippen MR) is 121 cm³/mol. The van der Waals surface area contributed by atoms with Gasteiger partial charge in [-0.15, -0.1) is 0 Å². The third-order valence-corrected chi connectivity index (χ3v) is 4.50. The van der Waals surface area contributed by atoms with E-state index in [2.05, 4.69) is 40.4 Å². The normalized spacial score (nSPS) is 13.6. The van der Waals surface area contributed by atoms with Crippen molar-refractivity contribution in [3.8, 4) is 0 Å². The molecule has 10 heteroatoms. The summed E-state index contributed by atoms with van der Waals surface area (Å²) < 4.78 is 0. The largest absolute Gasteiger partial charge is 0.352 e. The van der Waals surface area contributed by atoms with Gasteiger partial charge in [0.1, 0.15) is 0 Å². The van der Waals surface area contributed by atoms with E-state index in [1.807, 2.05) is 30.3 Å². The van der Waals surface area contributed by atoms with Gasteiger partial charge in [0, 0.05) is 31.7 Å². The zero-order valence-corrected chi connectivity index (χ0v) is 18.6. The topological polar surface area (TPSA) is 163 Å². The fourth-order valence-electron chi connectivity index (χ4n) is 3.08. The van der Waals surface area contributed by atoms with Gasteiger partial charge in [0.2, 0.25) is 0 Å². The van der Waals surface area contributed by atoms with Crippen LogP contribution in [0.3, 0.4) is 0 Å². The van der Waals surface area contributed by atoms with E-state index in [0.717, 1.165) is 12.0 Å². The van der Waals surface area contributed by atoms with E-state index in [-0.39, 0.29) is 37.2 Å². The summed E-state index contributed by atoms with van der Waals surface area (Å²) in [5, 5.41) is 13.7. The van der Waals surface area contributed by atoms with Gasteiger partial charge < -0.3 is 38.1 Å². The molecule has 0 aliphatic heterocycles. The first-order chi connectivity index (χ1) is 14.7. The minimum Gasteiger partial charge on any atom is -0.352 e. The van der Waals surface area contributed by atoms with E-state index in [4.69, 9.17) is 11.5 Å². The molecule has 1 rings (SSSR count). The van der Waals surface area contributed by atoms with E-state index in [1.165, 1.54) is 0 Å². The summed E-state index contributed by atoms with van der Waals surface area (Å²) >= 11 is 0. The average Bonchev–Trinajstić information content (AvgIpc) is 2.70. The van der Waals surface area contributed by atoms with E-state index in [0.29, 0.717) is 18.9 Å². The molecule has 0 fully saturated rings. The van der Waals surface area contributed by atoms with Gasteiger partial charge in [-0.1, -0.05) is 44.2 Å². The van der Waals surface area contributed by atoms with Crippen molar-refractivity contribution in [2.24, 2.45) is 17.4 Å². The number of hydrogen-bond donors (Lipinski definition) is 7. The SMILES string of the molecule is CC(C)CC(CN)NC(=O)NC[C@H](Cc1ccccc1)NC(=O)NCC(C)NC(N)=O. The highest BCUT2D eigenvalue weighted by atomic mass is 16.2. The Kier molecular flexibility index (Phi) is 11.8. The molecule has 0 aliphatic carbocycles. The minimum atomic E-state index is -0.653. The predicted octanol–water partition coefficient (Wildman–Crippen LogP) is 0.626. The highest BCUT2D eigenvalue weighted by molar-refractivity contribution is 5.76. The first kappa shape index (κ1) is 26.0. The molecule has 0 aromatic heterocycles. The monoisotopic (exact) mass is 435 g/mol. The standard InChI is InChI=1S/C21H37N7O3/c1-14(2)9-17(11-22)27-21(31)25-13-18(10-16-7-5-4-6-8-16)28-20(30)24-12-15(3)26-19(23)29/h4-8,14-15,17-18H,9-13,22H2,1-3H3,(H3,23,26,29)(H2,24,28,30)(H2,25,27,31)/t15?,17?,18-/m0/s1. The second kappa shape index (κ2) is 14.1. The van der Waals surface area contributed by atoms with Crippen LogP contribution in [0, 0.1) is 5.92 Å². The molecule has 0 aliphatic rings. The number of urea groups is 3. The first-order valence-electron chi connectivity index (χ1n) is 10.6. The van der Waals surface area contributed by atoms with Crippen molar-refractivity contribution in [1.29, 1.82) is 0 Å². The lowest BCUT2D eigenvalue weighted by atomic mass is 10.0. The Morgan fingerprint density at radius 3 is 2.00 bits per heavy atom.